The van der Waals surface area contributed by atoms with Crippen LogP contribution >= 0.6 is 24.0 Å². The highest BCUT2D eigenvalue weighted by Crippen LogP contribution is 2.38. The predicted molar refractivity (Wildman–Crippen MR) is 89.5 cm³/mol. The molecule has 2 fully saturated rings. The van der Waals surface area contributed by atoms with Crippen LogP contribution in [0.3, 0.4) is 0 Å². The first-order valence-corrected chi connectivity index (χ1v) is 8.21. The van der Waals surface area contributed by atoms with Crippen molar-refractivity contribution >= 4 is 24.0 Å². The van der Waals surface area contributed by atoms with Crippen LogP contribution < -0.4 is 14.8 Å². The lowest BCUT2D eigenvalue weighted by atomic mass is 9.93. The molecule has 0 radical (unpaired) electrons. The number of nitrogens with zero attached hydrogens (tertiary/aromatic N) is 1. The average Bonchev–Trinajstić information content (AvgIpc) is 2.95. The summed E-state index contributed by atoms with van der Waals surface area (Å²) in [5.74, 6) is 2.30. The third-order valence-corrected chi connectivity index (χ3v) is 5.08. The molecule has 0 spiro atoms. The van der Waals surface area contributed by atoms with Gasteiger partial charge >= 0.3 is 0 Å². The minimum atomic E-state index is 0. The summed E-state index contributed by atoms with van der Waals surface area (Å²) < 4.78 is 11.2. The number of benzene rings is 1. The highest BCUT2D eigenvalue weighted by atomic mass is 35.5. The quantitative estimate of drug-likeness (QED) is 0.894. The van der Waals surface area contributed by atoms with Gasteiger partial charge in [-0.3, -0.25) is 4.90 Å². The minimum absolute atomic E-state index is 0. The van der Waals surface area contributed by atoms with Crippen molar-refractivity contribution in [1.82, 2.24) is 10.2 Å². The van der Waals surface area contributed by atoms with E-state index in [-0.39, 0.29) is 12.4 Å². The second kappa shape index (κ2) is 6.83. The lowest BCUT2D eigenvalue weighted by Gasteiger charge is -2.35. The smallest absolute Gasteiger partial charge is 0.179 e. The summed E-state index contributed by atoms with van der Waals surface area (Å²) >= 11 is 6.32. The maximum absolute atomic E-state index is 6.32. The molecule has 4 nitrogen and oxygen atoms in total. The fourth-order valence-electron chi connectivity index (χ4n) is 3.78. The van der Waals surface area contributed by atoms with Crippen LogP contribution in [0.2, 0.25) is 5.02 Å². The summed E-state index contributed by atoms with van der Waals surface area (Å²) in [5.41, 5.74) is 1.22. The zero-order valence-electron chi connectivity index (χ0n) is 12.5. The molecule has 1 N–H and O–H groups in total. The van der Waals surface area contributed by atoms with Crippen LogP contribution in [-0.4, -0.2) is 43.8 Å². The summed E-state index contributed by atoms with van der Waals surface area (Å²) in [7, 11) is 0. The summed E-state index contributed by atoms with van der Waals surface area (Å²) in [5, 5.41) is 4.27. The molecule has 2 unspecified atom stereocenters. The van der Waals surface area contributed by atoms with Crippen LogP contribution in [0.5, 0.6) is 11.5 Å². The van der Waals surface area contributed by atoms with E-state index in [1.165, 1.54) is 31.5 Å². The molecule has 1 aromatic rings. The Balaban J connectivity index is 0.00000144. The monoisotopic (exact) mass is 344 g/mol. The van der Waals surface area contributed by atoms with Crippen molar-refractivity contribution in [2.24, 2.45) is 5.92 Å². The van der Waals surface area contributed by atoms with E-state index in [0.29, 0.717) is 24.0 Å². The van der Waals surface area contributed by atoms with Crippen LogP contribution in [0.4, 0.5) is 0 Å². The Kier molecular flexibility index (Phi) is 5.03. The maximum Gasteiger partial charge on any atom is 0.179 e. The van der Waals surface area contributed by atoms with Crippen molar-refractivity contribution < 1.29 is 9.47 Å². The number of hydrogen-bond donors (Lipinski definition) is 1. The van der Waals surface area contributed by atoms with E-state index < -0.39 is 0 Å². The molecule has 0 saturated carbocycles. The Morgan fingerprint density at radius 2 is 2.09 bits per heavy atom. The number of fused-ring (bicyclic) bond motifs is 2. The average molecular weight is 345 g/mol. The zero-order chi connectivity index (χ0) is 14.2. The van der Waals surface area contributed by atoms with Gasteiger partial charge in [0.15, 0.2) is 11.5 Å². The molecule has 2 atom stereocenters. The molecule has 0 aliphatic carbocycles. The van der Waals surface area contributed by atoms with Gasteiger partial charge < -0.3 is 14.8 Å². The molecule has 6 heteroatoms. The van der Waals surface area contributed by atoms with Gasteiger partial charge in [0.2, 0.25) is 0 Å². The van der Waals surface area contributed by atoms with Gasteiger partial charge in [0, 0.05) is 19.1 Å². The first-order valence-electron chi connectivity index (χ1n) is 7.83. The van der Waals surface area contributed by atoms with E-state index in [9.17, 15) is 0 Å². The molecule has 3 aliphatic heterocycles. The minimum Gasteiger partial charge on any atom is -0.486 e. The lowest BCUT2D eigenvalue weighted by molar-refractivity contribution is 0.154. The fraction of sp³-hybridized carbons (Fsp3) is 0.625. The number of nitrogens with one attached hydrogen (secondary N) is 1. The maximum atomic E-state index is 6.32. The van der Waals surface area contributed by atoms with Crippen LogP contribution in [0.1, 0.15) is 18.4 Å². The van der Waals surface area contributed by atoms with E-state index in [1.54, 1.807) is 0 Å². The van der Waals surface area contributed by atoms with E-state index in [0.717, 1.165) is 30.8 Å². The lowest BCUT2D eigenvalue weighted by Crippen LogP contribution is -2.43. The standard InChI is InChI=1S/C16H21ClN2O2.ClH/c17-13-7-11(8-15-16(13)21-6-5-20-15)9-19-4-2-14-12(10-19)1-3-18-14;/h7-8,12,14,18H,1-6,9-10H2;1H. The van der Waals surface area contributed by atoms with Gasteiger partial charge in [0.25, 0.3) is 0 Å². The molecule has 0 amide bonds. The fourth-order valence-corrected chi connectivity index (χ4v) is 4.07. The van der Waals surface area contributed by atoms with Crippen LogP contribution in [0, 0.1) is 5.92 Å². The van der Waals surface area contributed by atoms with Gasteiger partial charge in [-0.15, -0.1) is 12.4 Å². The van der Waals surface area contributed by atoms with E-state index in [2.05, 4.69) is 16.3 Å². The highest BCUT2D eigenvalue weighted by Gasteiger charge is 2.32. The van der Waals surface area contributed by atoms with Gasteiger partial charge in [0.05, 0.1) is 5.02 Å². The summed E-state index contributed by atoms with van der Waals surface area (Å²) in [4.78, 5) is 2.54. The van der Waals surface area contributed by atoms with Gasteiger partial charge in [0.1, 0.15) is 13.2 Å². The molecule has 1 aromatic carbocycles. The highest BCUT2D eigenvalue weighted by molar-refractivity contribution is 6.32. The third kappa shape index (κ3) is 3.16. The number of rotatable bonds is 2. The largest absolute Gasteiger partial charge is 0.486 e. The first-order chi connectivity index (χ1) is 10.3. The van der Waals surface area contributed by atoms with Crippen molar-refractivity contribution in [2.75, 3.05) is 32.8 Å². The number of piperidine rings is 1. The van der Waals surface area contributed by atoms with E-state index in [4.69, 9.17) is 21.1 Å². The van der Waals surface area contributed by atoms with Crippen molar-refractivity contribution in [2.45, 2.75) is 25.4 Å². The number of likely N-dealkylation sites (tertiary alicyclic amines) is 1. The molecule has 2 saturated heterocycles. The summed E-state index contributed by atoms with van der Waals surface area (Å²) in [6.07, 6.45) is 2.56. The molecule has 4 rings (SSSR count). The van der Waals surface area contributed by atoms with Gasteiger partial charge in [-0.1, -0.05) is 11.6 Å². The van der Waals surface area contributed by atoms with Crippen molar-refractivity contribution in [3.8, 4) is 11.5 Å². The molecule has 3 aliphatic rings. The van der Waals surface area contributed by atoms with Gasteiger partial charge in [-0.2, -0.15) is 0 Å². The first kappa shape index (κ1) is 16.2. The van der Waals surface area contributed by atoms with Crippen LogP contribution in [0.25, 0.3) is 0 Å². The molecular weight excluding hydrogens is 323 g/mol. The molecule has 3 heterocycles. The van der Waals surface area contributed by atoms with Crippen molar-refractivity contribution in [1.29, 1.82) is 0 Å². The summed E-state index contributed by atoms with van der Waals surface area (Å²) in [6, 6.07) is 4.85. The van der Waals surface area contributed by atoms with Crippen molar-refractivity contribution in [3.63, 3.8) is 0 Å². The number of halogens is 2. The predicted octanol–water partition coefficient (Wildman–Crippen LogP) is 2.72. The van der Waals surface area contributed by atoms with Crippen molar-refractivity contribution in [3.05, 3.63) is 22.7 Å². The van der Waals surface area contributed by atoms with Gasteiger partial charge in [-0.05, 0) is 49.5 Å². The Morgan fingerprint density at radius 3 is 3.00 bits per heavy atom. The van der Waals surface area contributed by atoms with E-state index in [1.807, 2.05) is 6.07 Å². The molecule has 122 valence electrons. The molecule has 0 aromatic heterocycles. The second-order valence-corrected chi connectivity index (χ2v) is 6.64. The Morgan fingerprint density at radius 1 is 1.23 bits per heavy atom. The number of hydrogen-bond acceptors (Lipinski definition) is 4. The number of ether oxygens (including phenoxy) is 2. The van der Waals surface area contributed by atoms with E-state index >= 15 is 0 Å². The van der Waals surface area contributed by atoms with Gasteiger partial charge in [-0.25, -0.2) is 0 Å². The zero-order valence-corrected chi connectivity index (χ0v) is 14.1. The normalized spacial score (nSPS) is 27.1. The van der Waals surface area contributed by atoms with Crippen LogP contribution in [-0.2, 0) is 6.54 Å². The second-order valence-electron chi connectivity index (χ2n) is 6.23. The molecular formula is C16H22Cl2N2O2. The third-order valence-electron chi connectivity index (χ3n) is 4.80. The SMILES string of the molecule is Cl.Clc1cc(CN2CCC3NCCC3C2)cc2c1OCCO2. The Labute approximate surface area is 142 Å². The Hall–Kier alpha value is -0.680. The summed E-state index contributed by atoms with van der Waals surface area (Å²) in [6.45, 7) is 5.64. The molecule has 22 heavy (non-hydrogen) atoms. The molecule has 0 bridgehead atoms. The topological polar surface area (TPSA) is 33.7 Å². The van der Waals surface area contributed by atoms with Crippen LogP contribution in [0.15, 0.2) is 12.1 Å². The Bertz CT molecular complexity index is 541.